The third-order valence-corrected chi connectivity index (χ3v) is 14.1. The first-order valence-electron chi connectivity index (χ1n) is 25.0. The highest BCUT2D eigenvalue weighted by Gasteiger charge is 2.20. The van der Waals surface area contributed by atoms with Crippen LogP contribution in [-0.2, 0) is 0 Å². The number of nitrogens with zero attached hydrogens (tertiary/aromatic N) is 3. The minimum atomic E-state index is 1.10. The lowest BCUT2D eigenvalue weighted by Crippen LogP contribution is -2.10. The van der Waals surface area contributed by atoms with Gasteiger partial charge in [-0.05, 0) is 175 Å². The Morgan fingerprint density at radius 1 is 0.164 bits per heavy atom. The van der Waals surface area contributed by atoms with Crippen LogP contribution in [0.1, 0.15) is 0 Å². The fraction of sp³-hybridized carbons (Fsp3) is 0. The van der Waals surface area contributed by atoms with Crippen molar-refractivity contribution in [2.24, 2.45) is 0 Å². The van der Waals surface area contributed by atoms with E-state index >= 15 is 0 Å². The molecule has 0 saturated heterocycles. The molecule has 0 unspecified atom stereocenters. The quantitative estimate of drug-likeness (QED) is 0.120. The van der Waals surface area contributed by atoms with Crippen LogP contribution in [0.15, 0.2) is 297 Å². The van der Waals surface area contributed by atoms with Gasteiger partial charge in [0.05, 0.1) is 5.69 Å². The highest BCUT2D eigenvalue weighted by atomic mass is 15.2. The molecule has 0 bridgehead atoms. The molecule has 0 radical (unpaired) electrons. The first kappa shape index (κ1) is 43.3. The van der Waals surface area contributed by atoms with Gasteiger partial charge in [-0.25, -0.2) is 0 Å². The Balaban J connectivity index is 0.856. The smallest absolute Gasteiger partial charge is 0.0546 e. The molecule has 13 aromatic rings. The average molecular weight is 932 g/mol. The largest absolute Gasteiger partial charge is 0.311 e. The first-order valence-corrected chi connectivity index (χ1v) is 25.0. The average Bonchev–Trinajstić information content (AvgIpc) is 3.46. The monoisotopic (exact) mass is 931 g/mol. The molecule has 0 saturated carbocycles. The number of anilines is 9. The lowest BCUT2D eigenvalue weighted by molar-refractivity contribution is 1.28. The van der Waals surface area contributed by atoms with E-state index in [-0.39, 0.29) is 0 Å². The third-order valence-electron chi connectivity index (χ3n) is 14.1. The van der Waals surface area contributed by atoms with Crippen molar-refractivity contribution in [3.05, 3.63) is 297 Å². The van der Waals surface area contributed by atoms with Crippen LogP contribution in [0, 0.1) is 0 Å². The van der Waals surface area contributed by atoms with E-state index in [1.807, 2.05) is 0 Å². The molecule has 0 fully saturated rings. The van der Waals surface area contributed by atoms with Gasteiger partial charge in [0.25, 0.3) is 0 Å². The van der Waals surface area contributed by atoms with Gasteiger partial charge in [0, 0.05) is 50.9 Å². The maximum Gasteiger partial charge on any atom is 0.0546 e. The standard InChI is InChI=1S/C70H49N3/c1-5-18-59(19-6-1)71(60-20-7-2-8-21-60)63-39-33-50(34-40-63)52-29-31-56-47-65(43-37-54(56)45-52)73(70-49-58-17-13-14-26-67(58)68-27-15-16-28-69(68)70)66-44-38-55-46-53(30-32-57(55)48-66)51-35-41-64(42-36-51)72(61-22-9-3-10-23-61)62-24-11-4-12-25-62/h1-49H. The van der Waals surface area contributed by atoms with Gasteiger partial charge >= 0.3 is 0 Å². The Labute approximate surface area is 426 Å². The van der Waals surface area contributed by atoms with Crippen molar-refractivity contribution < 1.29 is 0 Å². The van der Waals surface area contributed by atoms with Crippen LogP contribution in [0.4, 0.5) is 51.2 Å². The second-order valence-corrected chi connectivity index (χ2v) is 18.6. The van der Waals surface area contributed by atoms with Gasteiger partial charge in [0.15, 0.2) is 0 Å². The Morgan fingerprint density at radius 3 is 0.918 bits per heavy atom. The second-order valence-electron chi connectivity index (χ2n) is 18.6. The zero-order valence-electron chi connectivity index (χ0n) is 40.1. The number of hydrogen-bond acceptors (Lipinski definition) is 3. The lowest BCUT2D eigenvalue weighted by Gasteiger charge is -2.28. The van der Waals surface area contributed by atoms with Crippen molar-refractivity contribution in [3.63, 3.8) is 0 Å². The van der Waals surface area contributed by atoms with Crippen molar-refractivity contribution in [1.29, 1.82) is 0 Å². The van der Waals surface area contributed by atoms with E-state index in [4.69, 9.17) is 0 Å². The molecule has 0 amide bonds. The van der Waals surface area contributed by atoms with Gasteiger partial charge in [0.2, 0.25) is 0 Å². The number of benzene rings is 13. The van der Waals surface area contributed by atoms with Crippen LogP contribution in [0.5, 0.6) is 0 Å². The molecule has 0 aliphatic heterocycles. The van der Waals surface area contributed by atoms with Crippen LogP contribution in [-0.4, -0.2) is 0 Å². The fourth-order valence-electron chi connectivity index (χ4n) is 10.6. The van der Waals surface area contributed by atoms with Gasteiger partial charge in [-0.1, -0.05) is 182 Å². The molecule has 344 valence electrons. The van der Waals surface area contributed by atoms with E-state index in [0.29, 0.717) is 0 Å². The molecule has 0 atom stereocenters. The Hall–Kier alpha value is -9.70. The van der Waals surface area contributed by atoms with Crippen LogP contribution in [0.2, 0.25) is 0 Å². The van der Waals surface area contributed by atoms with Crippen molar-refractivity contribution in [2.75, 3.05) is 14.7 Å². The Morgan fingerprint density at radius 2 is 0.479 bits per heavy atom. The molecule has 0 aliphatic rings. The van der Waals surface area contributed by atoms with E-state index < -0.39 is 0 Å². The minimum absolute atomic E-state index is 1.10. The van der Waals surface area contributed by atoms with Crippen LogP contribution in [0.3, 0.4) is 0 Å². The Kier molecular flexibility index (Phi) is 11.2. The fourth-order valence-corrected chi connectivity index (χ4v) is 10.6. The molecular weight excluding hydrogens is 883 g/mol. The van der Waals surface area contributed by atoms with Crippen molar-refractivity contribution in [3.8, 4) is 22.3 Å². The van der Waals surface area contributed by atoms with E-state index in [1.165, 1.54) is 65.3 Å². The van der Waals surface area contributed by atoms with Crippen LogP contribution in [0.25, 0.3) is 65.3 Å². The van der Waals surface area contributed by atoms with Gasteiger partial charge < -0.3 is 14.7 Å². The van der Waals surface area contributed by atoms with Crippen LogP contribution < -0.4 is 14.7 Å². The summed E-state index contributed by atoms with van der Waals surface area (Å²) in [4.78, 5) is 7.05. The normalized spacial score (nSPS) is 11.3. The maximum atomic E-state index is 2.45. The van der Waals surface area contributed by atoms with E-state index in [2.05, 4.69) is 312 Å². The summed E-state index contributed by atoms with van der Waals surface area (Å²) in [5.41, 5.74) is 14.8. The van der Waals surface area contributed by atoms with Crippen LogP contribution >= 0.6 is 0 Å². The summed E-state index contributed by atoms with van der Waals surface area (Å²) in [5, 5.41) is 9.64. The highest BCUT2D eigenvalue weighted by Crippen LogP contribution is 2.45. The van der Waals surface area contributed by atoms with Crippen molar-refractivity contribution in [2.45, 2.75) is 0 Å². The molecule has 0 aliphatic carbocycles. The van der Waals surface area contributed by atoms with E-state index in [1.54, 1.807) is 0 Å². The summed E-state index contributed by atoms with van der Waals surface area (Å²) >= 11 is 0. The van der Waals surface area contributed by atoms with Crippen molar-refractivity contribution >= 4 is 94.3 Å². The summed E-state index contributed by atoms with van der Waals surface area (Å²) in [6, 6.07) is 108. The van der Waals surface area contributed by atoms with Gasteiger partial charge in [-0.2, -0.15) is 0 Å². The number of hydrogen-bond donors (Lipinski definition) is 0. The predicted molar refractivity (Wildman–Crippen MR) is 311 cm³/mol. The number of para-hydroxylation sites is 4. The lowest BCUT2D eigenvalue weighted by atomic mass is 9.97. The third kappa shape index (κ3) is 8.39. The molecule has 13 rings (SSSR count). The minimum Gasteiger partial charge on any atom is -0.311 e. The summed E-state index contributed by atoms with van der Waals surface area (Å²) in [5.74, 6) is 0. The molecule has 13 aromatic carbocycles. The molecule has 0 aromatic heterocycles. The SMILES string of the molecule is c1ccc(N(c2ccccc2)c2ccc(-c3ccc4cc(N(c5ccc6cc(-c7ccc(N(c8ccccc8)c8ccccc8)cc7)ccc6c5)c5cc6ccccc6c6ccccc56)ccc4c3)cc2)cc1. The zero-order valence-corrected chi connectivity index (χ0v) is 40.1. The molecule has 0 spiro atoms. The highest BCUT2D eigenvalue weighted by molar-refractivity contribution is 6.15. The Bertz CT molecular complexity index is 3780. The summed E-state index contributed by atoms with van der Waals surface area (Å²) in [7, 11) is 0. The molecule has 73 heavy (non-hydrogen) atoms. The summed E-state index contributed by atoms with van der Waals surface area (Å²) in [6.45, 7) is 0. The molecule has 0 heterocycles. The maximum absolute atomic E-state index is 2.45. The molecular formula is C70H49N3. The molecule has 3 heteroatoms. The van der Waals surface area contributed by atoms with Gasteiger partial charge in [0.1, 0.15) is 0 Å². The summed E-state index contributed by atoms with van der Waals surface area (Å²) < 4.78 is 0. The van der Waals surface area contributed by atoms with Crippen molar-refractivity contribution in [1.82, 2.24) is 0 Å². The molecule has 0 N–H and O–H groups in total. The second kappa shape index (κ2) is 18.9. The first-order chi connectivity index (χ1) is 36.2. The van der Waals surface area contributed by atoms with Gasteiger partial charge in [-0.15, -0.1) is 0 Å². The zero-order chi connectivity index (χ0) is 48.5. The summed E-state index contributed by atoms with van der Waals surface area (Å²) in [6.07, 6.45) is 0. The van der Waals surface area contributed by atoms with Gasteiger partial charge in [-0.3, -0.25) is 0 Å². The van der Waals surface area contributed by atoms with E-state index in [9.17, 15) is 0 Å². The molecule has 3 nitrogen and oxygen atoms in total. The number of rotatable bonds is 11. The van der Waals surface area contributed by atoms with E-state index in [0.717, 1.165) is 51.2 Å². The number of fused-ring (bicyclic) bond motifs is 5. The predicted octanol–water partition coefficient (Wildman–Crippen LogP) is 20.0. The topological polar surface area (TPSA) is 9.72 Å².